The zero-order valence-corrected chi connectivity index (χ0v) is 16.4. The third kappa shape index (κ3) is 4.07. The van der Waals surface area contributed by atoms with Crippen molar-refractivity contribution >= 4 is 11.6 Å². The number of aromatic nitrogens is 2. The molecule has 0 aliphatic rings. The minimum absolute atomic E-state index is 0.330. The molecule has 0 aliphatic heterocycles. The molecule has 1 heterocycles. The highest BCUT2D eigenvalue weighted by molar-refractivity contribution is 6.08. The van der Waals surface area contributed by atoms with Crippen molar-refractivity contribution in [3.8, 4) is 22.7 Å². The molecule has 3 aromatic carbocycles. The van der Waals surface area contributed by atoms with Gasteiger partial charge in [-0.3, -0.25) is 4.79 Å². The smallest absolute Gasteiger partial charge is 0.259 e. The van der Waals surface area contributed by atoms with Crippen LogP contribution in [-0.2, 0) is 0 Å². The highest BCUT2D eigenvalue weighted by Crippen LogP contribution is 2.28. The molecule has 0 saturated heterocycles. The topological polar surface area (TPSA) is 56.1 Å². The Labute approximate surface area is 173 Å². The van der Waals surface area contributed by atoms with Crippen LogP contribution >= 0.6 is 0 Å². The Balaban J connectivity index is 1.75. The molecule has 4 aromatic rings. The summed E-state index contributed by atoms with van der Waals surface area (Å²) in [5, 5.41) is 7.51. The number of hydrogen-bond acceptors (Lipinski definition) is 3. The van der Waals surface area contributed by atoms with E-state index >= 15 is 0 Å². The van der Waals surface area contributed by atoms with Crippen molar-refractivity contribution in [1.82, 2.24) is 9.78 Å². The van der Waals surface area contributed by atoms with Gasteiger partial charge in [-0.25, -0.2) is 9.07 Å². The molecule has 0 bridgehead atoms. The molecule has 4 rings (SSSR count). The van der Waals surface area contributed by atoms with Crippen LogP contribution in [0.25, 0.3) is 16.9 Å². The van der Waals surface area contributed by atoms with Crippen LogP contribution in [0.4, 0.5) is 10.1 Å². The van der Waals surface area contributed by atoms with Gasteiger partial charge in [0, 0.05) is 11.8 Å². The summed E-state index contributed by atoms with van der Waals surface area (Å²) in [4.78, 5) is 13.2. The quantitative estimate of drug-likeness (QED) is 0.475. The number of nitrogens with one attached hydrogen (secondary N) is 1. The van der Waals surface area contributed by atoms with Crippen molar-refractivity contribution in [2.24, 2.45) is 0 Å². The predicted octanol–water partition coefficient (Wildman–Crippen LogP) is 5.33. The van der Waals surface area contributed by atoms with E-state index in [1.807, 2.05) is 49.4 Å². The van der Waals surface area contributed by atoms with Gasteiger partial charge in [0.2, 0.25) is 0 Å². The lowest BCUT2D eigenvalue weighted by atomic mass is 10.1. The van der Waals surface area contributed by atoms with Gasteiger partial charge in [0.05, 0.1) is 23.5 Å². The SMILES string of the molecule is CCOc1ccccc1NC(=O)c1cn(-c2ccccc2)nc1-c1ccc(F)cc1. The number of para-hydroxylation sites is 3. The van der Waals surface area contributed by atoms with Crippen molar-refractivity contribution in [2.45, 2.75) is 6.92 Å². The van der Waals surface area contributed by atoms with Crippen molar-refractivity contribution in [2.75, 3.05) is 11.9 Å². The summed E-state index contributed by atoms with van der Waals surface area (Å²) in [7, 11) is 0. The number of benzene rings is 3. The van der Waals surface area contributed by atoms with E-state index in [0.29, 0.717) is 34.9 Å². The first kappa shape index (κ1) is 19.4. The maximum absolute atomic E-state index is 13.4. The van der Waals surface area contributed by atoms with Crippen molar-refractivity contribution < 1.29 is 13.9 Å². The van der Waals surface area contributed by atoms with Crippen molar-refractivity contribution in [1.29, 1.82) is 0 Å². The third-order valence-electron chi connectivity index (χ3n) is 4.53. The molecule has 0 radical (unpaired) electrons. The van der Waals surface area contributed by atoms with Crippen molar-refractivity contribution in [3.05, 3.63) is 96.4 Å². The Kier molecular flexibility index (Phi) is 5.57. The van der Waals surface area contributed by atoms with Crippen LogP contribution in [0.2, 0.25) is 0 Å². The average molecular weight is 401 g/mol. The molecule has 30 heavy (non-hydrogen) atoms. The zero-order valence-electron chi connectivity index (χ0n) is 16.4. The van der Waals surface area contributed by atoms with E-state index in [1.165, 1.54) is 12.1 Å². The van der Waals surface area contributed by atoms with Gasteiger partial charge in [-0.1, -0.05) is 30.3 Å². The van der Waals surface area contributed by atoms with Crippen LogP contribution in [0.1, 0.15) is 17.3 Å². The molecular weight excluding hydrogens is 381 g/mol. The van der Waals surface area contributed by atoms with Gasteiger partial charge in [0.1, 0.15) is 17.3 Å². The minimum atomic E-state index is -0.349. The highest BCUT2D eigenvalue weighted by Gasteiger charge is 2.20. The van der Waals surface area contributed by atoms with Crippen LogP contribution in [0.15, 0.2) is 85.1 Å². The summed E-state index contributed by atoms with van der Waals surface area (Å²) in [5.41, 5.74) is 2.87. The number of carbonyl (C=O) groups excluding carboxylic acids is 1. The molecule has 0 unspecified atom stereocenters. The molecule has 1 amide bonds. The number of amides is 1. The van der Waals surface area contributed by atoms with Crippen molar-refractivity contribution in [3.63, 3.8) is 0 Å². The van der Waals surface area contributed by atoms with E-state index in [2.05, 4.69) is 10.4 Å². The first-order valence-electron chi connectivity index (χ1n) is 9.60. The van der Waals surface area contributed by atoms with E-state index in [4.69, 9.17) is 4.74 Å². The molecule has 5 nitrogen and oxygen atoms in total. The molecule has 0 saturated carbocycles. The number of hydrogen-bond donors (Lipinski definition) is 1. The Bertz CT molecular complexity index is 1150. The second-order valence-corrected chi connectivity index (χ2v) is 6.56. The number of anilines is 1. The second-order valence-electron chi connectivity index (χ2n) is 6.56. The molecular formula is C24H20FN3O2. The van der Waals surface area contributed by atoms with Crippen LogP contribution in [0.5, 0.6) is 5.75 Å². The van der Waals surface area contributed by atoms with E-state index in [1.54, 1.807) is 35.1 Å². The fourth-order valence-corrected chi connectivity index (χ4v) is 3.11. The first-order chi connectivity index (χ1) is 14.7. The van der Waals surface area contributed by atoms with E-state index in [-0.39, 0.29) is 11.7 Å². The summed E-state index contributed by atoms with van der Waals surface area (Å²) >= 11 is 0. The average Bonchev–Trinajstić information content (AvgIpc) is 3.22. The number of carbonyl (C=O) groups is 1. The minimum Gasteiger partial charge on any atom is -0.492 e. The molecule has 0 fully saturated rings. The van der Waals surface area contributed by atoms with E-state index in [0.717, 1.165) is 5.69 Å². The fraction of sp³-hybridized carbons (Fsp3) is 0.0833. The fourth-order valence-electron chi connectivity index (χ4n) is 3.11. The molecule has 150 valence electrons. The summed E-state index contributed by atoms with van der Waals surface area (Å²) < 4.78 is 20.7. The molecule has 0 atom stereocenters. The van der Waals surface area contributed by atoms with Gasteiger partial charge in [0.15, 0.2) is 0 Å². The largest absolute Gasteiger partial charge is 0.492 e. The predicted molar refractivity (Wildman–Crippen MR) is 115 cm³/mol. The zero-order chi connectivity index (χ0) is 20.9. The maximum atomic E-state index is 13.4. The van der Waals surface area contributed by atoms with Gasteiger partial charge in [0.25, 0.3) is 5.91 Å². The molecule has 0 aliphatic carbocycles. The van der Waals surface area contributed by atoms with Gasteiger partial charge >= 0.3 is 0 Å². The number of rotatable bonds is 6. The molecule has 1 aromatic heterocycles. The maximum Gasteiger partial charge on any atom is 0.259 e. The monoisotopic (exact) mass is 401 g/mol. The van der Waals surface area contributed by atoms with Gasteiger partial charge in [-0.2, -0.15) is 5.10 Å². The molecule has 0 spiro atoms. The lowest BCUT2D eigenvalue weighted by Gasteiger charge is -2.11. The Morgan fingerprint density at radius 3 is 2.43 bits per heavy atom. The van der Waals surface area contributed by atoms with E-state index < -0.39 is 0 Å². The third-order valence-corrected chi connectivity index (χ3v) is 4.53. The Morgan fingerprint density at radius 2 is 1.70 bits per heavy atom. The van der Waals surface area contributed by atoms with Crippen LogP contribution < -0.4 is 10.1 Å². The number of halogens is 1. The van der Waals surface area contributed by atoms with Crippen LogP contribution in [0, 0.1) is 5.82 Å². The lowest BCUT2D eigenvalue weighted by molar-refractivity contribution is 0.102. The van der Waals surface area contributed by atoms with Gasteiger partial charge in [-0.15, -0.1) is 0 Å². The van der Waals surface area contributed by atoms with Gasteiger partial charge in [-0.05, 0) is 55.5 Å². The Morgan fingerprint density at radius 1 is 1.00 bits per heavy atom. The number of nitrogens with zero attached hydrogens (tertiary/aromatic N) is 2. The second kappa shape index (κ2) is 8.61. The van der Waals surface area contributed by atoms with Crippen LogP contribution in [-0.4, -0.2) is 22.3 Å². The summed E-state index contributed by atoms with van der Waals surface area (Å²) in [6.45, 7) is 2.37. The summed E-state index contributed by atoms with van der Waals surface area (Å²) in [5.74, 6) is -0.0892. The lowest BCUT2D eigenvalue weighted by Crippen LogP contribution is -2.13. The normalized spacial score (nSPS) is 10.6. The summed E-state index contributed by atoms with van der Waals surface area (Å²) in [6.07, 6.45) is 1.67. The molecule has 6 heteroatoms. The standard InChI is InChI=1S/C24H20FN3O2/c1-2-30-22-11-7-6-10-21(22)26-24(29)20-16-28(19-8-4-3-5-9-19)27-23(20)17-12-14-18(25)15-13-17/h3-16H,2H2,1H3,(H,26,29). The van der Waals surface area contributed by atoms with Gasteiger partial charge < -0.3 is 10.1 Å². The van der Waals surface area contributed by atoms with Crippen LogP contribution in [0.3, 0.4) is 0 Å². The number of ether oxygens (including phenoxy) is 1. The summed E-state index contributed by atoms with van der Waals surface area (Å²) in [6, 6.07) is 22.7. The van der Waals surface area contributed by atoms with E-state index in [9.17, 15) is 9.18 Å². The highest BCUT2D eigenvalue weighted by atomic mass is 19.1. The molecule has 1 N–H and O–H groups in total. The first-order valence-corrected chi connectivity index (χ1v) is 9.60. The Hall–Kier alpha value is -3.93.